The first-order valence-electron chi connectivity index (χ1n) is 6.86. The lowest BCUT2D eigenvalue weighted by molar-refractivity contribution is 0.622. The Kier molecular flexibility index (Phi) is 4.19. The molecule has 2 rings (SSSR count). The van der Waals surface area contributed by atoms with Gasteiger partial charge in [0, 0.05) is 12.6 Å². The molecule has 0 radical (unpaired) electrons. The first kappa shape index (κ1) is 13.6. The minimum Gasteiger partial charge on any atom is -0.368 e. The van der Waals surface area contributed by atoms with Crippen molar-refractivity contribution in [3.63, 3.8) is 0 Å². The van der Waals surface area contributed by atoms with E-state index in [1.54, 1.807) is 6.20 Å². The monoisotopic (exact) mass is 262 g/mol. The molecule has 3 N–H and O–H groups in total. The van der Waals surface area contributed by atoms with Gasteiger partial charge in [0.1, 0.15) is 5.82 Å². The fourth-order valence-electron chi connectivity index (χ4n) is 2.20. The number of fused-ring (bicyclic) bond motifs is 1. The normalized spacial score (nSPS) is 11.4. The third kappa shape index (κ3) is 2.94. The van der Waals surface area contributed by atoms with Gasteiger partial charge < -0.3 is 10.6 Å². The lowest BCUT2D eigenvalue weighted by Gasteiger charge is -2.28. The number of aromatic amines is 1. The van der Waals surface area contributed by atoms with Crippen molar-refractivity contribution in [1.29, 1.82) is 0 Å². The van der Waals surface area contributed by atoms with Gasteiger partial charge in [-0.05, 0) is 20.3 Å². The molecule has 0 spiro atoms. The maximum absolute atomic E-state index is 5.78. The van der Waals surface area contributed by atoms with E-state index >= 15 is 0 Å². The predicted octanol–water partition coefficient (Wildman–Crippen LogP) is 2.34. The van der Waals surface area contributed by atoms with Gasteiger partial charge in [-0.3, -0.25) is 5.10 Å². The second kappa shape index (κ2) is 5.86. The highest BCUT2D eigenvalue weighted by Crippen LogP contribution is 2.25. The van der Waals surface area contributed by atoms with Crippen LogP contribution in [0.2, 0.25) is 0 Å². The molecular weight excluding hydrogens is 240 g/mol. The third-order valence-electron chi connectivity index (χ3n) is 3.20. The highest BCUT2D eigenvalue weighted by atomic mass is 15.3. The molecule has 0 atom stereocenters. The Hall–Kier alpha value is -1.85. The van der Waals surface area contributed by atoms with E-state index < -0.39 is 0 Å². The zero-order chi connectivity index (χ0) is 13.8. The van der Waals surface area contributed by atoms with E-state index in [2.05, 4.69) is 45.8 Å². The maximum Gasteiger partial charge on any atom is 0.224 e. The van der Waals surface area contributed by atoms with Crippen LogP contribution < -0.4 is 10.6 Å². The second-order valence-electron chi connectivity index (χ2n) is 5.03. The highest BCUT2D eigenvalue weighted by molar-refractivity contribution is 5.87. The molecule has 0 bridgehead atoms. The molecule has 0 aliphatic carbocycles. The van der Waals surface area contributed by atoms with Crippen LogP contribution in [0, 0.1) is 0 Å². The number of nitrogens with two attached hydrogens (primary N) is 1. The smallest absolute Gasteiger partial charge is 0.224 e. The van der Waals surface area contributed by atoms with E-state index in [0.717, 1.165) is 24.2 Å². The number of nitrogens with one attached hydrogen (secondary N) is 1. The van der Waals surface area contributed by atoms with Gasteiger partial charge in [0.15, 0.2) is 5.65 Å². The summed E-state index contributed by atoms with van der Waals surface area (Å²) < 4.78 is 0. The van der Waals surface area contributed by atoms with E-state index in [1.807, 2.05) is 0 Å². The molecular formula is C13H22N6. The fourth-order valence-corrected chi connectivity index (χ4v) is 2.20. The third-order valence-corrected chi connectivity index (χ3v) is 3.20. The Labute approximate surface area is 113 Å². The van der Waals surface area contributed by atoms with Crippen LogP contribution in [0.3, 0.4) is 0 Å². The summed E-state index contributed by atoms with van der Waals surface area (Å²) in [6.45, 7) is 7.51. The molecule has 0 saturated heterocycles. The molecule has 0 unspecified atom stereocenters. The van der Waals surface area contributed by atoms with E-state index in [9.17, 15) is 0 Å². The van der Waals surface area contributed by atoms with Crippen LogP contribution in [0.5, 0.6) is 0 Å². The molecule has 2 aromatic rings. The van der Waals surface area contributed by atoms with Crippen molar-refractivity contribution in [1.82, 2.24) is 20.2 Å². The number of anilines is 2. The van der Waals surface area contributed by atoms with Crippen molar-refractivity contribution < 1.29 is 0 Å². The quantitative estimate of drug-likeness (QED) is 0.781. The van der Waals surface area contributed by atoms with Gasteiger partial charge in [0.05, 0.1) is 11.6 Å². The van der Waals surface area contributed by atoms with E-state index in [0.29, 0.717) is 11.7 Å². The fraction of sp³-hybridized carbons (Fsp3) is 0.615. The number of hydrogen-bond donors (Lipinski definition) is 2. The summed E-state index contributed by atoms with van der Waals surface area (Å²) in [6, 6.07) is 0.365. The molecule has 6 heteroatoms. The summed E-state index contributed by atoms with van der Waals surface area (Å²) in [7, 11) is 0. The van der Waals surface area contributed by atoms with Crippen LogP contribution in [0.25, 0.3) is 11.0 Å². The van der Waals surface area contributed by atoms with Gasteiger partial charge in [-0.2, -0.15) is 15.1 Å². The minimum absolute atomic E-state index is 0.285. The Bertz CT molecular complexity index is 533. The Morgan fingerprint density at radius 3 is 2.79 bits per heavy atom. The van der Waals surface area contributed by atoms with Gasteiger partial charge in [0.25, 0.3) is 0 Å². The average molecular weight is 262 g/mol. The summed E-state index contributed by atoms with van der Waals surface area (Å²) in [5.74, 6) is 1.16. The molecule has 0 aromatic carbocycles. The molecule has 0 amide bonds. The van der Waals surface area contributed by atoms with Crippen LogP contribution in [0.15, 0.2) is 6.20 Å². The number of nitrogens with zero attached hydrogens (tertiary/aromatic N) is 4. The van der Waals surface area contributed by atoms with Crippen LogP contribution in [-0.4, -0.2) is 32.8 Å². The Morgan fingerprint density at radius 2 is 2.11 bits per heavy atom. The molecule has 0 aliphatic rings. The van der Waals surface area contributed by atoms with Crippen LogP contribution >= 0.6 is 0 Å². The van der Waals surface area contributed by atoms with E-state index in [1.165, 1.54) is 12.8 Å². The van der Waals surface area contributed by atoms with Crippen LogP contribution in [0.1, 0.15) is 40.0 Å². The van der Waals surface area contributed by atoms with Crippen molar-refractivity contribution in [3.8, 4) is 0 Å². The number of H-pyrrole nitrogens is 1. The van der Waals surface area contributed by atoms with Gasteiger partial charge in [-0.15, -0.1) is 0 Å². The average Bonchev–Trinajstić information content (AvgIpc) is 2.81. The molecule has 0 fully saturated rings. The number of unbranched alkanes of at least 4 members (excludes halogenated alkanes) is 2. The summed E-state index contributed by atoms with van der Waals surface area (Å²) in [5.41, 5.74) is 6.48. The lowest BCUT2D eigenvalue weighted by Crippen LogP contribution is -2.33. The van der Waals surface area contributed by atoms with Gasteiger partial charge in [0.2, 0.25) is 5.95 Å². The first-order chi connectivity index (χ1) is 9.13. The summed E-state index contributed by atoms with van der Waals surface area (Å²) in [6.07, 6.45) is 5.34. The molecule has 104 valence electrons. The minimum atomic E-state index is 0.285. The van der Waals surface area contributed by atoms with Crippen molar-refractivity contribution in [2.24, 2.45) is 0 Å². The Morgan fingerprint density at radius 1 is 1.32 bits per heavy atom. The van der Waals surface area contributed by atoms with Crippen LogP contribution in [-0.2, 0) is 0 Å². The van der Waals surface area contributed by atoms with Gasteiger partial charge in [-0.1, -0.05) is 19.8 Å². The topological polar surface area (TPSA) is 83.7 Å². The van der Waals surface area contributed by atoms with E-state index in [-0.39, 0.29) is 5.95 Å². The standard InChI is InChI=1S/C13H22N6/c1-4-5-6-7-19(9(2)3)12-10-8-15-18-11(10)16-13(14)17-12/h8-9H,4-7H2,1-3H3,(H3,14,15,16,17,18). The maximum atomic E-state index is 5.78. The molecule has 19 heavy (non-hydrogen) atoms. The molecule has 0 aliphatic heterocycles. The summed E-state index contributed by atoms with van der Waals surface area (Å²) in [4.78, 5) is 10.8. The number of nitrogen functional groups attached to an aromatic ring is 1. The van der Waals surface area contributed by atoms with Crippen LogP contribution in [0.4, 0.5) is 11.8 Å². The largest absolute Gasteiger partial charge is 0.368 e. The first-order valence-corrected chi connectivity index (χ1v) is 6.86. The molecule has 2 heterocycles. The van der Waals surface area contributed by atoms with Gasteiger partial charge in [-0.25, -0.2) is 0 Å². The number of hydrogen-bond acceptors (Lipinski definition) is 5. The SMILES string of the molecule is CCCCCN(c1nc(N)nc2[nH]ncc12)C(C)C. The van der Waals surface area contributed by atoms with Gasteiger partial charge >= 0.3 is 0 Å². The number of rotatable bonds is 6. The van der Waals surface area contributed by atoms with E-state index in [4.69, 9.17) is 5.73 Å². The van der Waals surface area contributed by atoms with Crippen molar-refractivity contribution >= 4 is 22.8 Å². The predicted molar refractivity (Wildman–Crippen MR) is 78.1 cm³/mol. The van der Waals surface area contributed by atoms with Crippen molar-refractivity contribution in [3.05, 3.63) is 6.20 Å². The van der Waals surface area contributed by atoms with Crippen molar-refractivity contribution in [2.45, 2.75) is 46.1 Å². The highest BCUT2D eigenvalue weighted by Gasteiger charge is 2.17. The zero-order valence-corrected chi connectivity index (χ0v) is 11.8. The second-order valence-corrected chi connectivity index (χ2v) is 5.03. The number of aromatic nitrogens is 4. The summed E-state index contributed by atoms with van der Waals surface area (Å²) in [5, 5.41) is 7.82. The Balaban J connectivity index is 2.35. The lowest BCUT2D eigenvalue weighted by atomic mass is 10.2. The molecule has 6 nitrogen and oxygen atoms in total. The summed E-state index contributed by atoms with van der Waals surface area (Å²) >= 11 is 0. The molecule has 0 saturated carbocycles. The van der Waals surface area contributed by atoms with Crippen molar-refractivity contribution in [2.75, 3.05) is 17.2 Å². The molecule has 2 aromatic heterocycles. The zero-order valence-electron chi connectivity index (χ0n) is 11.8.